The van der Waals surface area contributed by atoms with E-state index in [0.717, 1.165) is 52.9 Å². The Morgan fingerprint density at radius 1 is 0.787 bits per heavy atom. The van der Waals surface area contributed by atoms with Gasteiger partial charge in [-0.2, -0.15) is 0 Å². The summed E-state index contributed by atoms with van der Waals surface area (Å²) in [6.07, 6.45) is 3.17. The number of rotatable bonds is 9. The molecule has 7 heteroatoms. The predicted octanol–water partition coefficient (Wildman–Crippen LogP) is 7.90. The van der Waals surface area contributed by atoms with Crippen molar-refractivity contribution in [1.29, 1.82) is 0 Å². The van der Waals surface area contributed by atoms with Crippen LogP contribution in [0.15, 0.2) is 95.3 Å². The lowest BCUT2D eigenvalue weighted by molar-refractivity contribution is -0.119. The van der Waals surface area contributed by atoms with E-state index in [9.17, 15) is 19.5 Å². The molecule has 7 nitrogen and oxygen atoms in total. The molecule has 3 aromatic carbocycles. The van der Waals surface area contributed by atoms with Crippen molar-refractivity contribution in [3.05, 3.63) is 118 Å². The molecular weight excluding hydrogens is 590 g/mol. The second kappa shape index (κ2) is 12.5. The number of methoxy groups -OCH3 is 1. The van der Waals surface area contributed by atoms with Crippen LogP contribution in [0.25, 0.3) is 0 Å². The Balaban J connectivity index is 1.41. The quantitative estimate of drug-likeness (QED) is 0.256. The molecule has 3 aliphatic rings. The van der Waals surface area contributed by atoms with E-state index in [0.29, 0.717) is 30.9 Å². The number of carboxylic acids is 1. The molecule has 1 heterocycles. The summed E-state index contributed by atoms with van der Waals surface area (Å²) >= 11 is 0. The molecule has 47 heavy (non-hydrogen) atoms. The van der Waals surface area contributed by atoms with E-state index in [1.807, 2.05) is 36.4 Å². The van der Waals surface area contributed by atoms with E-state index in [2.05, 4.69) is 44.7 Å². The standard InChI is InChI=1S/C40H43NO6/c1-39(2)20-29-36(31(42)22-39)35(28-15-16-33(34(19-28)46-5)47-24-26-11-13-27(14-12-26)38(44)45)37-30(21-40(3,4)23-32(37)43)41(29)18-17-25-9-7-6-8-10-25/h6-16,19,35H,17-18,20-24H2,1-5H3,(H,44,45). The van der Waals surface area contributed by atoms with Gasteiger partial charge in [-0.25, -0.2) is 4.79 Å². The third-order valence-electron chi connectivity index (χ3n) is 9.60. The molecule has 3 aromatic rings. The maximum atomic E-state index is 14.2. The van der Waals surface area contributed by atoms with Gasteiger partial charge in [-0.3, -0.25) is 9.59 Å². The first-order chi connectivity index (χ1) is 22.4. The summed E-state index contributed by atoms with van der Waals surface area (Å²) in [5.74, 6) is -0.236. The molecule has 0 saturated heterocycles. The fourth-order valence-electron chi connectivity index (χ4n) is 7.42. The number of carbonyl (C=O) groups is 3. The highest BCUT2D eigenvalue weighted by atomic mass is 16.5. The number of carbonyl (C=O) groups excluding carboxylic acids is 2. The van der Waals surface area contributed by atoms with Gasteiger partial charge in [0, 0.05) is 47.8 Å². The molecule has 1 aliphatic heterocycles. The highest BCUT2D eigenvalue weighted by Gasteiger charge is 2.49. The molecule has 0 unspecified atom stereocenters. The van der Waals surface area contributed by atoms with Crippen molar-refractivity contribution in [3.8, 4) is 11.5 Å². The number of ketones is 2. The van der Waals surface area contributed by atoms with Crippen molar-refractivity contribution < 1.29 is 29.0 Å². The van der Waals surface area contributed by atoms with Crippen molar-refractivity contribution in [2.24, 2.45) is 10.8 Å². The summed E-state index contributed by atoms with van der Waals surface area (Å²) in [6.45, 7) is 9.55. The fraction of sp³-hybridized carbons (Fsp3) is 0.375. The van der Waals surface area contributed by atoms with Gasteiger partial charge < -0.3 is 19.5 Å². The third-order valence-corrected chi connectivity index (χ3v) is 9.60. The van der Waals surface area contributed by atoms with Crippen LogP contribution < -0.4 is 9.47 Å². The number of hydrogen-bond acceptors (Lipinski definition) is 6. The number of Topliss-reactive ketones (excluding diaryl/α,β-unsaturated/α-hetero) is 2. The molecule has 2 aliphatic carbocycles. The highest BCUT2D eigenvalue weighted by Crippen LogP contribution is 2.55. The molecule has 1 N–H and O–H groups in total. The Hall–Kier alpha value is -4.65. The van der Waals surface area contributed by atoms with Crippen LogP contribution in [0.2, 0.25) is 0 Å². The van der Waals surface area contributed by atoms with Crippen molar-refractivity contribution >= 4 is 17.5 Å². The Bertz CT molecular complexity index is 1730. The van der Waals surface area contributed by atoms with Crippen LogP contribution >= 0.6 is 0 Å². The molecule has 0 radical (unpaired) electrons. The van der Waals surface area contributed by atoms with Gasteiger partial charge in [0.05, 0.1) is 12.7 Å². The van der Waals surface area contributed by atoms with Crippen LogP contribution in [-0.2, 0) is 22.6 Å². The van der Waals surface area contributed by atoms with Crippen LogP contribution in [0.4, 0.5) is 0 Å². The number of hydrogen-bond donors (Lipinski definition) is 1. The first kappa shape index (κ1) is 32.3. The van der Waals surface area contributed by atoms with Gasteiger partial charge in [-0.1, -0.05) is 76.2 Å². The lowest BCUT2D eigenvalue weighted by atomic mass is 9.63. The van der Waals surface area contributed by atoms with Crippen molar-refractivity contribution in [3.63, 3.8) is 0 Å². The lowest BCUT2D eigenvalue weighted by Gasteiger charge is -2.49. The monoisotopic (exact) mass is 633 g/mol. The van der Waals surface area contributed by atoms with E-state index >= 15 is 0 Å². The van der Waals surface area contributed by atoms with Gasteiger partial charge in [0.2, 0.25) is 0 Å². The smallest absolute Gasteiger partial charge is 0.335 e. The zero-order valence-corrected chi connectivity index (χ0v) is 27.9. The van der Waals surface area contributed by atoms with Gasteiger partial charge in [-0.15, -0.1) is 0 Å². The molecule has 6 rings (SSSR count). The summed E-state index contributed by atoms with van der Waals surface area (Å²) < 4.78 is 11.9. The number of carboxylic acid groups (broad SMARTS) is 1. The number of aromatic carboxylic acids is 1. The van der Waals surface area contributed by atoms with Crippen molar-refractivity contribution in [1.82, 2.24) is 4.90 Å². The van der Waals surface area contributed by atoms with Gasteiger partial charge in [-0.05, 0) is 71.0 Å². The van der Waals surface area contributed by atoms with E-state index in [-0.39, 0.29) is 34.6 Å². The van der Waals surface area contributed by atoms with Gasteiger partial charge in [0.1, 0.15) is 6.61 Å². The second-order valence-corrected chi connectivity index (χ2v) is 14.6. The molecule has 0 bridgehead atoms. The van der Waals surface area contributed by atoms with Crippen molar-refractivity contribution in [2.75, 3.05) is 13.7 Å². The van der Waals surface area contributed by atoms with Gasteiger partial charge >= 0.3 is 5.97 Å². The molecule has 0 spiro atoms. The number of nitrogens with zero attached hydrogens (tertiary/aromatic N) is 1. The van der Waals surface area contributed by atoms with Crippen LogP contribution in [0, 0.1) is 10.8 Å². The highest BCUT2D eigenvalue weighted by molar-refractivity contribution is 6.06. The summed E-state index contributed by atoms with van der Waals surface area (Å²) in [7, 11) is 1.58. The SMILES string of the molecule is COc1cc(C2C3=C(CC(C)(C)CC3=O)N(CCc3ccccc3)C3=C2C(=O)CC(C)(C)C3)ccc1OCc1ccc(C(=O)O)cc1. The molecule has 0 saturated carbocycles. The Kier molecular flexibility index (Phi) is 8.60. The van der Waals surface area contributed by atoms with Crippen LogP contribution in [-0.4, -0.2) is 41.2 Å². The summed E-state index contributed by atoms with van der Waals surface area (Å²) in [6, 6.07) is 22.6. The maximum absolute atomic E-state index is 14.2. The Morgan fingerprint density at radius 3 is 1.94 bits per heavy atom. The van der Waals surface area contributed by atoms with Gasteiger partial charge in [0.15, 0.2) is 23.1 Å². The first-order valence-corrected chi connectivity index (χ1v) is 16.3. The number of benzene rings is 3. The molecule has 0 fully saturated rings. The zero-order valence-electron chi connectivity index (χ0n) is 27.9. The molecule has 0 aromatic heterocycles. The second-order valence-electron chi connectivity index (χ2n) is 14.6. The molecule has 0 amide bonds. The molecule has 244 valence electrons. The number of allylic oxidation sites excluding steroid dienone is 4. The van der Waals surface area contributed by atoms with E-state index in [1.54, 1.807) is 31.4 Å². The van der Waals surface area contributed by atoms with Crippen LogP contribution in [0.1, 0.15) is 86.3 Å². The average Bonchev–Trinajstić information content (AvgIpc) is 3.02. The van der Waals surface area contributed by atoms with E-state index in [1.165, 1.54) is 5.56 Å². The third kappa shape index (κ3) is 6.62. The zero-order chi connectivity index (χ0) is 33.5. The molecule has 0 atom stereocenters. The fourth-order valence-corrected chi connectivity index (χ4v) is 7.42. The normalized spacial score (nSPS) is 19.0. The topological polar surface area (TPSA) is 93.1 Å². The van der Waals surface area contributed by atoms with Crippen LogP contribution in [0.3, 0.4) is 0 Å². The predicted molar refractivity (Wildman–Crippen MR) is 180 cm³/mol. The van der Waals surface area contributed by atoms with E-state index in [4.69, 9.17) is 9.47 Å². The average molecular weight is 634 g/mol. The summed E-state index contributed by atoms with van der Waals surface area (Å²) in [5, 5.41) is 9.20. The van der Waals surface area contributed by atoms with Crippen molar-refractivity contribution in [2.45, 2.75) is 72.3 Å². The minimum Gasteiger partial charge on any atom is -0.493 e. The maximum Gasteiger partial charge on any atom is 0.335 e. The minimum atomic E-state index is -0.978. The first-order valence-electron chi connectivity index (χ1n) is 16.3. The Morgan fingerprint density at radius 2 is 1.38 bits per heavy atom. The van der Waals surface area contributed by atoms with Gasteiger partial charge in [0.25, 0.3) is 0 Å². The summed E-state index contributed by atoms with van der Waals surface area (Å²) in [5.41, 5.74) is 6.25. The van der Waals surface area contributed by atoms with Crippen LogP contribution in [0.5, 0.6) is 11.5 Å². The summed E-state index contributed by atoms with van der Waals surface area (Å²) in [4.78, 5) is 41.9. The van der Waals surface area contributed by atoms with E-state index < -0.39 is 11.9 Å². The largest absolute Gasteiger partial charge is 0.493 e. The Labute approximate surface area is 276 Å². The molecular formula is C40H43NO6. The lowest BCUT2D eigenvalue weighted by Crippen LogP contribution is -2.45. The minimum absolute atomic E-state index is 0.0965. The number of ether oxygens (including phenoxy) is 2.